The van der Waals surface area contributed by atoms with Crippen LogP contribution in [0.15, 0.2) is 30.5 Å². The second kappa shape index (κ2) is 5.03. The van der Waals surface area contributed by atoms with Gasteiger partial charge in [-0.05, 0) is 25.0 Å². The first-order valence-electron chi connectivity index (χ1n) is 6.85. The normalized spacial score (nSPS) is 16.7. The van der Waals surface area contributed by atoms with Crippen LogP contribution in [0.5, 0.6) is 0 Å². The number of nitrogens with two attached hydrogens (primary N) is 1. The van der Waals surface area contributed by atoms with Gasteiger partial charge in [-0.3, -0.25) is 4.68 Å². The van der Waals surface area contributed by atoms with Crippen LogP contribution in [0.1, 0.15) is 38.1 Å². The average Bonchev–Trinajstić information content (AvgIpc) is 2.82. The molecule has 1 aromatic heterocycles. The summed E-state index contributed by atoms with van der Waals surface area (Å²) in [7, 11) is 0. The van der Waals surface area contributed by atoms with Crippen molar-refractivity contribution in [1.29, 1.82) is 0 Å². The van der Waals surface area contributed by atoms with Crippen LogP contribution in [-0.4, -0.2) is 9.78 Å². The highest BCUT2D eigenvalue weighted by Crippen LogP contribution is 2.32. The molecule has 1 aliphatic rings. The van der Waals surface area contributed by atoms with Gasteiger partial charge in [-0.15, -0.1) is 0 Å². The molecule has 0 saturated heterocycles. The Morgan fingerprint density at radius 1 is 1.16 bits per heavy atom. The fourth-order valence-corrected chi connectivity index (χ4v) is 2.80. The topological polar surface area (TPSA) is 43.8 Å². The van der Waals surface area contributed by atoms with Crippen molar-refractivity contribution in [3.05, 3.63) is 36.3 Å². The Kier molecular flexibility index (Phi) is 3.23. The molecule has 1 saturated carbocycles. The molecule has 0 bridgehead atoms. The number of anilines is 1. The van der Waals surface area contributed by atoms with Crippen LogP contribution in [0.2, 0.25) is 0 Å². The highest BCUT2D eigenvalue weighted by Gasteiger charge is 2.19. The van der Waals surface area contributed by atoms with Gasteiger partial charge in [0.25, 0.3) is 0 Å². The lowest BCUT2D eigenvalue weighted by Crippen LogP contribution is -2.13. The van der Waals surface area contributed by atoms with Gasteiger partial charge in [0.15, 0.2) is 0 Å². The van der Waals surface area contributed by atoms with Crippen molar-refractivity contribution in [1.82, 2.24) is 9.78 Å². The molecule has 0 amide bonds. The minimum absolute atomic E-state index is 0.275. The number of aromatic nitrogens is 2. The summed E-state index contributed by atoms with van der Waals surface area (Å²) in [6.07, 6.45) is 7.89. The van der Waals surface area contributed by atoms with Gasteiger partial charge in [0.1, 0.15) is 11.5 Å². The molecular weight excluding hydrogens is 241 g/mol. The van der Waals surface area contributed by atoms with E-state index >= 15 is 0 Å². The largest absolute Gasteiger partial charge is 0.396 e. The summed E-state index contributed by atoms with van der Waals surface area (Å²) in [6.45, 7) is 0. The van der Waals surface area contributed by atoms with Crippen LogP contribution < -0.4 is 5.73 Å². The second-order valence-electron chi connectivity index (χ2n) is 5.18. The lowest BCUT2D eigenvalue weighted by Gasteiger charge is -2.21. The van der Waals surface area contributed by atoms with E-state index in [2.05, 4.69) is 5.10 Å². The van der Waals surface area contributed by atoms with E-state index in [-0.39, 0.29) is 5.82 Å². The molecule has 3 nitrogen and oxygen atoms in total. The summed E-state index contributed by atoms with van der Waals surface area (Å²) in [5.74, 6) is -0.275. The Morgan fingerprint density at radius 2 is 1.89 bits per heavy atom. The van der Waals surface area contributed by atoms with Crippen LogP contribution >= 0.6 is 0 Å². The number of nitrogen functional groups attached to an aromatic ring is 1. The molecule has 0 unspecified atom stereocenters. The van der Waals surface area contributed by atoms with Gasteiger partial charge in [0.05, 0.1) is 11.7 Å². The van der Waals surface area contributed by atoms with Gasteiger partial charge in [-0.1, -0.05) is 31.4 Å². The summed E-state index contributed by atoms with van der Waals surface area (Å²) < 4.78 is 15.7. The fourth-order valence-electron chi connectivity index (χ4n) is 2.80. The lowest BCUT2D eigenvalue weighted by atomic mass is 9.96. The Hall–Kier alpha value is -1.84. The van der Waals surface area contributed by atoms with E-state index in [9.17, 15) is 4.39 Å². The minimum atomic E-state index is -0.275. The van der Waals surface area contributed by atoms with Gasteiger partial charge in [-0.2, -0.15) is 5.10 Å². The molecule has 1 fully saturated rings. The molecule has 4 heteroatoms. The SMILES string of the molecule is Nc1cn(C2CCCCC2)nc1-c1ccccc1F. The Balaban J connectivity index is 1.95. The number of benzene rings is 1. The summed E-state index contributed by atoms with van der Waals surface area (Å²) >= 11 is 0. The van der Waals surface area contributed by atoms with Crippen molar-refractivity contribution in [2.45, 2.75) is 38.1 Å². The third-order valence-corrected chi connectivity index (χ3v) is 3.84. The molecule has 0 spiro atoms. The van der Waals surface area contributed by atoms with Crippen LogP contribution in [0.3, 0.4) is 0 Å². The van der Waals surface area contributed by atoms with E-state index in [1.807, 2.05) is 10.9 Å². The molecule has 19 heavy (non-hydrogen) atoms. The molecule has 0 atom stereocenters. The zero-order chi connectivity index (χ0) is 13.2. The quantitative estimate of drug-likeness (QED) is 0.892. The van der Waals surface area contributed by atoms with Crippen molar-refractivity contribution in [2.75, 3.05) is 5.73 Å². The summed E-state index contributed by atoms with van der Waals surface area (Å²) in [5, 5.41) is 4.52. The Bertz CT molecular complexity index is 571. The predicted octanol–water partition coefficient (Wildman–Crippen LogP) is 3.78. The van der Waals surface area contributed by atoms with E-state index in [1.165, 1.54) is 25.3 Å². The molecule has 2 aromatic rings. The lowest BCUT2D eigenvalue weighted by molar-refractivity contribution is 0.330. The third kappa shape index (κ3) is 2.35. The molecule has 1 aromatic carbocycles. The first-order valence-corrected chi connectivity index (χ1v) is 6.85. The molecule has 1 aliphatic carbocycles. The van der Waals surface area contributed by atoms with Crippen LogP contribution in [0.4, 0.5) is 10.1 Å². The first-order chi connectivity index (χ1) is 9.25. The maximum absolute atomic E-state index is 13.8. The number of nitrogens with zero attached hydrogens (tertiary/aromatic N) is 2. The van der Waals surface area contributed by atoms with Crippen molar-refractivity contribution in [3.8, 4) is 11.3 Å². The van der Waals surface area contributed by atoms with Gasteiger partial charge in [-0.25, -0.2) is 4.39 Å². The number of hydrogen-bond donors (Lipinski definition) is 1. The smallest absolute Gasteiger partial charge is 0.132 e. The highest BCUT2D eigenvalue weighted by atomic mass is 19.1. The second-order valence-corrected chi connectivity index (χ2v) is 5.18. The van der Waals surface area contributed by atoms with E-state index in [0.29, 0.717) is 23.0 Å². The number of rotatable bonds is 2. The molecule has 1 heterocycles. The average molecular weight is 259 g/mol. The molecular formula is C15H18FN3. The molecule has 100 valence electrons. The zero-order valence-corrected chi connectivity index (χ0v) is 10.8. The van der Waals surface area contributed by atoms with Crippen LogP contribution in [-0.2, 0) is 0 Å². The van der Waals surface area contributed by atoms with Gasteiger partial charge in [0.2, 0.25) is 0 Å². The van der Waals surface area contributed by atoms with Crippen molar-refractivity contribution < 1.29 is 4.39 Å². The van der Waals surface area contributed by atoms with Crippen LogP contribution in [0.25, 0.3) is 11.3 Å². The fraction of sp³-hybridized carbons (Fsp3) is 0.400. The van der Waals surface area contributed by atoms with Crippen molar-refractivity contribution in [2.24, 2.45) is 0 Å². The Labute approximate surface area is 112 Å². The summed E-state index contributed by atoms with van der Waals surface area (Å²) in [6, 6.07) is 7.05. The molecule has 3 rings (SSSR count). The molecule has 0 radical (unpaired) electrons. The van der Waals surface area contributed by atoms with Crippen molar-refractivity contribution in [3.63, 3.8) is 0 Å². The van der Waals surface area contributed by atoms with E-state index in [0.717, 1.165) is 12.8 Å². The minimum Gasteiger partial charge on any atom is -0.396 e. The third-order valence-electron chi connectivity index (χ3n) is 3.84. The van der Waals surface area contributed by atoms with E-state index in [1.54, 1.807) is 18.2 Å². The Morgan fingerprint density at radius 3 is 2.63 bits per heavy atom. The predicted molar refractivity (Wildman–Crippen MR) is 74.2 cm³/mol. The standard InChI is InChI=1S/C15H18FN3/c16-13-9-5-4-8-12(13)15-14(17)10-19(18-15)11-6-2-1-3-7-11/h4-5,8-11H,1-3,6-7,17H2. The van der Waals surface area contributed by atoms with Gasteiger partial charge >= 0.3 is 0 Å². The van der Waals surface area contributed by atoms with Gasteiger partial charge in [0, 0.05) is 11.8 Å². The summed E-state index contributed by atoms with van der Waals surface area (Å²) in [5.41, 5.74) is 7.59. The summed E-state index contributed by atoms with van der Waals surface area (Å²) in [4.78, 5) is 0. The maximum Gasteiger partial charge on any atom is 0.132 e. The van der Waals surface area contributed by atoms with Gasteiger partial charge < -0.3 is 5.73 Å². The highest BCUT2D eigenvalue weighted by molar-refractivity contribution is 5.72. The van der Waals surface area contributed by atoms with Crippen LogP contribution in [0, 0.1) is 5.82 Å². The number of halogens is 1. The number of hydrogen-bond acceptors (Lipinski definition) is 2. The van der Waals surface area contributed by atoms with Crippen molar-refractivity contribution >= 4 is 5.69 Å². The van der Waals surface area contributed by atoms with E-state index < -0.39 is 0 Å². The first kappa shape index (κ1) is 12.2. The molecule has 0 aliphatic heterocycles. The molecule has 2 N–H and O–H groups in total. The zero-order valence-electron chi connectivity index (χ0n) is 10.8. The maximum atomic E-state index is 13.8. The monoisotopic (exact) mass is 259 g/mol. The van der Waals surface area contributed by atoms with E-state index in [4.69, 9.17) is 5.73 Å².